The van der Waals surface area contributed by atoms with E-state index in [4.69, 9.17) is 0 Å². The van der Waals surface area contributed by atoms with Crippen LogP contribution in [0.2, 0.25) is 0 Å². The first-order valence-corrected chi connectivity index (χ1v) is 7.92. The monoisotopic (exact) mass is 262 g/mol. The molecule has 0 spiro atoms. The molecule has 1 aliphatic rings. The average Bonchev–Trinajstić information content (AvgIpc) is 2.27. The van der Waals surface area contributed by atoms with Crippen LogP contribution in [0.25, 0.3) is 0 Å². The Morgan fingerprint density at radius 1 is 1.41 bits per heavy atom. The molecule has 1 N–H and O–H groups in total. The number of nitrogens with one attached hydrogen (secondary N) is 1. The molecule has 1 unspecified atom stereocenters. The van der Waals surface area contributed by atoms with E-state index in [0.717, 1.165) is 32.2 Å². The van der Waals surface area contributed by atoms with Gasteiger partial charge in [0.05, 0.1) is 0 Å². The summed E-state index contributed by atoms with van der Waals surface area (Å²) in [7, 11) is -1.60. The molecule has 1 fully saturated rings. The lowest BCUT2D eigenvalue weighted by Crippen LogP contribution is -2.42. The van der Waals surface area contributed by atoms with Crippen LogP contribution in [-0.2, 0) is 14.6 Å². The van der Waals surface area contributed by atoms with Gasteiger partial charge in [0.25, 0.3) is 0 Å². The highest BCUT2D eigenvalue weighted by molar-refractivity contribution is 7.92. The van der Waals surface area contributed by atoms with Gasteiger partial charge >= 0.3 is 0 Å². The number of hydrogen-bond donors (Lipinski definition) is 1. The van der Waals surface area contributed by atoms with E-state index in [1.165, 1.54) is 6.92 Å². The second-order valence-electron chi connectivity index (χ2n) is 4.88. The van der Waals surface area contributed by atoms with Crippen LogP contribution in [0.1, 0.15) is 19.8 Å². The second kappa shape index (κ2) is 5.82. The van der Waals surface area contributed by atoms with Crippen molar-refractivity contribution in [2.75, 3.05) is 32.9 Å². The third-order valence-electron chi connectivity index (χ3n) is 3.36. The molecule has 6 heteroatoms. The zero-order valence-electron chi connectivity index (χ0n) is 10.8. The molecule has 1 saturated heterocycles. The minimum Gasteiger partial charge on any atom is -0.344 e. The molecule has 0 saturated carbocycles. The molecule has 1 aliphatic heterocycles. The van der Waals surface area contributed by atoms with Crippen LogP contribution in [0.3, 0.4) is 0 Å². The topological polar surface area (TPSA) is 66.5 Å². The van der Waals surface area contributed by atoms with Crippen LogP contribution in [0.4, 0.5) is 0 Å². The summed E-state index contributed by atoms with van der Waals surface area (Å²) in [6.45, 7) is 4.07. The van der Waals surface area contributed by atoms with E-state index in [-0.39, 0.29) is 5.91 Å². The number of nitrogens with zero attached hydrogens (tertiary/aromatic N) is 1. The van der Waals surface area contributed by atoms with Crippen molar-refractivity contribution in [2.45, 2.75) is 25.0 Å². The first kappa shape index (κ1) is 14.4. The van der Waals surface area contributed by atoms with Gasteiger partial charge in [-0.3, -0.25) is 4.79 Å². The maximum Gasteiger partial charge on any atom is 0.240 e. The molecule has 0 radical (unpaired) electrons. The molecular weight excluding hydrogens is 240 g/mol. The highest BCUT2D eigenvalue weighted by Crippen LogP contribution is 2.14. The van der Waals surface area contributed by atoms with E-state index < -0.39 is 15.1 Å². The highest BCUT2D eigenvalue weighted by atomic mass is 32.2. The van der Waals surface area contributed by atoms with E-state index in [2.05, 4.69) is 5.32 Å². The fourth-order valence-electron chi connectivity index (χ4n) is 2.04. The maximum absolute atomic E-state index is 11.9. The van der Waals surface area contributed by atoms with E-state index >= 15 is 0 Å². The van der Waals surface area contributed by atoms with Crippen LogP contribution in [-0.4, -0.2) is 57.4 Å². The summed E-state index contributed by atoms with van der Waals surface area (Å²) in [6, 6.07) is 0. The SMILES string of the molecule is CC(C(=O)N(C)CC1CCNCC1)S(C)(=O)=O. The standard InChI is InChI=1S/C11H22N2O3S/c1-9(17(3,15)16)11(14)13(2)8-10-4-6-12-7-5-10/h9-10,12H,4-8H2,1-3H3. The van der Waals surface area contributed by atoms with Gasteiger partial charge in [0.2, 0.25) is 5.91 Å². The molecule has 5 nitrogen and oxygen atoms in total. The molecule has 1 atom stereocenters. The smallest absolute Gasteiger partial charge is 0.240 e. The Hall–Kier alpha value is -0.620. The predicted octanol–water partition coefficient (Wildman–Crippen LogP) is -0.122. The predicted molar refractivity (Wildman–Crippen MR) is 67.5 cm³/mol. The summed E-state index contributed by atoms with van der Waals surface area (Å²) < 4.78 is 22.6. The minimum absolute atomic E-state index is 0.300. The summed E-state index contributed by atoms with van der Waals surface area (Å²) in [5, 5.41) is 2.33. The zero-order chi connectivity index (χ0) is 13.1. The summed E-state index contributed by atoms with van der Waals surface area (Å²) in [4.78, 5) is 13.5. The first-order valence-electron chi connectivity index (χ1n) is 5.97. The number of amides is 1. The molecule has 1 heterocycles. The largest absolute Gasteiger partial charge is 0.344 e. The van der Waals surface area contributed by atoms with E-state index in [1.54, 1.807) is 11.9 Å². The number of hydrogen-bond acceptors (Lipinski definition) is 4. The molecule has 0 aromatic heterocycles. The van der Waals surface area contributed by atoms with Gasteiger partial charge in [-0.05, 0) is 38.8 Å². The highest BCUT2D eigenvalue weighted by Gasteiger charge is 2.27. The molecule has 0 aromatic rings. The van der Waals surface area contributed by atoms with Crippen molar-refractivity contribution >= 4 is 15.7 Å². The van der Waals surface area contributed by atoms with Gasteiger partial charge in [0.1, 0.15) is 5.25 Å². The number of piperidine rings is 1. The van der Waals surface area contributed by atoms with Crippen molar-refractivity contribution in [3.63, 3.8) is 0 Å². The van der Waals surface area contributed by atoms with Gasteiger partial charge in [-0.1, -0.05) is 0 Å². The van der Waals surface area contributed by atoms with Crippen LogP contribution in [0.15, 0.2) is 0 Å². The Kier molecular flexibility index (Phi) is 4.94. The fourth-order valence-corrected chi connectivity index (χ4v) is 2.58. The molecule has 1 rings (SSSR count). The Labute approximate surface area is 103 Å². The second-order valence-corrected chi connectivity index (χ2v) is 7.25. The molecule has 1 amide bonds. The van der Waals surface area contributed by atoms with Crippen molar-refractivity contribution in [2.24, 2.45) is 5.92 Å². The van der Waals surface area contributed by atoms with Gasteiger partial charge < -0.3 is 10.2 Å². The van der Waals surface area contributed by atoms with Crippen molar-refractivity contribution in [3.8, 4) is 0 Å². The third-order valence-corrected chi connectivity index (χ3v) is 4.84. The van der Waals surface area contributed by atoms with Crippen LogP contribution in [0, 0.1) is 5.92 Å². The third kappa shape index (κ3) is 4.27. The Bertz CT molecular complexity index is 361. The van der Waals surface area contributed by atoms with Crippen molar-refractivity contribution in [1.82, 2.24) is 10.2 Å². The summed E-state index contributed by atoms with van der Waals surface area (Å²) in [5.41, 5.74) is 0. The van der Waals surface area contributed by atoms with Crippen LogP contribution >= 0.6 is 0 Å². The molecule has 0 aliphatic carbocycles. The summed E-state index contributed by atoms with van der Waals surface area (Å²) in [6.07, 6.45) is 3.20. The van der Waals surface area contributed by atoms with Crippen molar-refractivity contribution in [3.05, 3.63) is 0 Å². The molecule has 0 bridgehead atoms. The summed E-state index contributed by atoms with van der Waals surface area (Å²) >= 11 is 0. The Morgan fingerprint density at radius 2 is 1.94 bits per heavy atom. The molecular formula is C11H22N2O3S. The molecule has 0 aromatic carbocycles. The summed E-state index contributed by atoms with van der Waals surface area (Å²) in [5.74, 6) is 0.183. The number of sulfone groups is 1. The Balaban J connectivity index is 2.51. The number of carbonyl (C=O) groups excluding carboxylic acids is 1. The quantitative estimate of drug-likeness (QED) is 0.767. The zero-order valence-corrected chi connectivity index (χ0v) is 11.6. The normalized spacial score (nSPS) is 19.9. The van der Waals surface area contributed by atoms with Gasteiger partial charge in [0, 0.05) is 19.8 Å². The molecule has 100 valence electrons. The number of carbonyl (C=O) groups is 1. The lowest BCUT2D eigenvalue weighted by atomic mass is 9.97. The van der Waals surface area contributed by atoms with E-state index in [1.807, 2.05) is 0 Å². The average molecular weight is 262 g/mol. The van der Waals surface area contributed by atoms with E-state index in [9.17, 15) is 13.2 Å². The van der Waals surface area contributed by atoms with Gasteiger partial charge in [0.15, 0.2) is 9.84 Å². The van der Waals surface area contributed by atoms with Gasteiger partial charge in [-0.25, -0.2) is 8.42 Å². The maximum atomic E-state index is 11.9. The van der Waals surface area contributed by atoms with E-state index in [0.29, 0.717) is 12.5 Å². The van der Waals surface area contributed by atoms with Crippen LogP contribution in [0.5, 0.6) is 0 Å². The van der Waals surface area contributed by atoms with Crippen molar-refractivity contribution < 1.29 is 13.2 Å². The lowest BCUT2D eigenvalue weighted by Gasteiger charge is -2.28. The molecule has 17 heavy (non-hydrogen) atoms. The van der Waals surface area contributed by atoms with Gasteiger partial charge in [-0.15, -0.1) is 0 Å². The van der Waals surface area contributed by atoms with Gasteiger partial charge in [-0.2, -0.15) is 0 Å². The first-order chi connectivity index (χ1) is 7.82. The Morgan fingerprint density at radius 3 is 2.41 bits per heavy atom. The van der Waals surface area contributed by atoms with Crippen LogP contribution < -0.4 is 5.32 Å². The lowest BCUT2D eigenvalue weighted by molar-refractivity contribution is -0.129. The number of rotatable bonds is 4. The minimum atomic E-state index is -3.29. The van der Waals surface area contributed by atoms with Crippen molar-refractivity contribution in [1.29, 1.82) is 0 Å². The fraction of sp³-hybridized carbons (Fsp3) is 0.909.